The molecule has 0 aliphatic carbocycles. The molecule has 0 spiro atoms. The van der Waals surface area contributed by atoms with Crippen molar-refractivity contribution in [3.05, 3.63) is 31.1 Å². The van der Waals surface area contributed by atoms with E-state index in [9.17, 15) is 17.3 Å². The molecule has 9 heteroatoms. The fourth-order valence-corrected chi connectivity index (χ4v) is 1.48. The fraction of sp³-hybridized carbons (Fsp3) is 0.583. The summed E-state index contributed by atoms with van der Waals surface area (Å²) in [7, 11) is -1.90. The van der Waals surface area contributed by atoms with Crippen molar-refractivity contribution < 1.29 is 21.8 Å². The molecule has 21 heavy (non-hydrogen) atoms. The van der Waals surface area contributed by atoms with Gasteiger partial charge < -0.3 is 27.1 Å². The quantitative estimate of drug-likeness (QED) is 0.473. The van der Waals surface area contributed by atoms with Gasteiger partial charge in [0, 0.05) is 26.0 Å². The van der Waals surface area contributed by atoms with E-state index in [0.29, 0.717) is 0 Å². The van der Waals surface area contributed by atoms with Crippen molar-refractivity contribution in [1.29, 1.82) is 0 Å². The normalized spacial score (nSPS) is 13.5. The maximum Gasteiger partial charge on any atom is 0.673 e. The molecule has 0 bridgehead atoms. The van der Waals surface area contributed by atoms with Gasteiger partial charge in [0.25, 0.3) is 0 Å². The highest BCUT2D eigenvalue weighted by Gasteiger charge is 2.20. The molecule has 1 aliphatic rings. The molecule has 0 atom stereocenters. The first-order chi connectivity index (χ1) is 9.65. The molecule has 4 nitrogen and oxygen atoms in total. The van der Waals surface area contributed by atoms with Crippen LogP contribution in [0.2, 0.25) is 0 Å². The molecule has 2 rings (SSSR count). The van der Waals surface area contributed by atoms with Crippen molar-refractivity contribution >= 4 is 7.25 Å². The van der Waals surface area contributed by atoms with Crippen molar-refractivity contribution in [3.8, 4) is 0 Å². The summed E-state index contributed by atoms with van der Waals surface area (Å²) in [4.78, 5) is 4.41. The van der Waals surface area contributed by atoms with E-state index in [1.807, 2.05) is 17.8 Å². The Morgan fingerprint density at radius 1 is 1.10 bits per heavy atom. The van der Waals surface area contributed by atoms with Crippen molar-refractivity contribution in [3.63, 3.8) is 0 Å². The summed E-state index contributed by atoms with van der Waals surface area (Å²) in [5.74, 6) is 0. The van der Waals surface area contributed by atoms with E-state index in [-0.39, 0.29) is 0 Å². The van der Waals surface area contributed by atoms with Crippen LogP contribution in [0.5, 0.6) is 0 Å². The van der Waals surface area contributed by atoms with Crippen LogP contribution in [-0.4, -0.2) is 41.9 Å². The highest BCUT2D eigenvalue weighted by atomic mass is 19.5. The number of imidazole rings is 1. The number of halogens is 4. The van der Waals surface area contributed by atoms with E-state index in [1.54, 1.807) is 0 Å². The fourth-order valence-electron chi connectivity index (χ4n) is 1.48. The van der Waals surface area contributed by atoms with Gasteiger partial charge in [-0.25, -0.2) is 9.13 Å². The van der Waals surface area contributed by atoms with Gasteiger partial charge >= 0.3 is 7.25 Å². The molecule has 1 aliphatic heterocycles. The molecular weight excluding hydrogens is 287 g/mol. The van der Waals surface area contributed by atoms with Crippen LogP contribution in [0.1, 0.15) is 13.8 Å². The molecule has 0 saturated heterocycles. The minimum absolute atomic E-state index is 1.05. The van der Waals surface area contributed by atoms with Gasteiger partial charge in [0.2, 0.25) is 6.33 Å². The summed E-state index contributed by atoms with van der Waals surface area (Å²) >= 11 is 0. The van der Waals surface area contributed by atoms with E-state index >= 15 is 0 Å². The maximum absolute atomic E-state index is 9.75. The van der Waals surface area contributed by atoms with Crippen LogP contribution < -0.4 is 4.57 Å². The predicted octanol–water partition coefficient (Wildman–Crippen LogP) is 2.31. The smallest absolute Gasteiger partial charge is 0.418 e. The SMILES string of the molecule is CCN1C=CN(C)C1.CCn1cc[n+](C)c1.F[B-](F)(F)F. The molecule has 122 valence electrons. The molecule has 0 aromatic carbocycles. The number of rotatable bonds is 2. The van der Waals surface area contributed by atoms with Crippen LogP contribution in [0.3, 0.4) is 0 Å². The number of aryl methyl sites for hydroxylation is 2. The van der Waals surface area contributed by atoms with Crippen molar-refractivity contribution in [1.82, 2.24) is 14.4 Å². The molecule has 0 N–H and O–H groups in total. The summed E-state index contributed by atoms with van der Waals surface area (Å²) in [6.45, 7) is 7.50. The summed E-state index contributed by atoms with van der Waals surface area (Å²) < 4.78 is 43.2. The standard InChI is InChI=1S/C6H12N2.C6H11N2.BF4/c2*1-3-8-5-4-7(2)6-8;2-1(3,4)5/h4-5H,3,6H2,1-2H3;4-6H,3H2,1-2H3;/q;+1;-1. The third-order valence-electron chi connectivity index (χ3n) is 2.53. The van der Waals surface area contributed by atoms with Gasteiger partial charge in [-0.2, -0.15) is 0 Å². The third kappa shape index (κ3) is 11.8. The lowest BCUT2D eigenvalue weighted by Gasteiger charge is -2.14. The van der Waals surface area contributed by atoms with E-state index in [4.69, 9.17) is 0 Å². The summed E-state index contributed by atoms with van der Waals surface area (Å²) in [5, 5.41) is 0. The number of hydrogen-bond acceptors (Lipinski definition) is 2. The zero-order chi connectivity index (χ0) is 16.5. The van der Waals surface area contributed by atoms with Gasteiger partial charge in [0.05, 0.1) is 20.3 Å². The molecule has 1 aromatic heterocycles. The van der Waals surface area contributed by atoms with E-state index < -0.39 is 7.25 Å². The van der Waals surface area contributed by atoms with Crippen molar-refractivity contribution in [2.45, 2.75) is 20.4 Å². The molecule has 0 fully saturated rings. The second-order valence-corrected chi connectivity index (χ2v) is 4.51. The average molecular weight is 310 g/mol. The maximum atomic E-state index is 9.75. The Labute approximate surface area is 123 Å². The molecule has 1 aromatic rings. The second-order valence-electron chi connectivity index (χ2n) is 4.51. The number of hydrogen-bond donors (Lipinski definition) is 0. The Balaban J connectivity index is 0.000000296. The van der Waals surface area contributed by atoms with Crippen LogP contribution in [0.4, 0.5) is 17.3 Å². The monoisotopic (exact) mass is 310 g/mol. The van der Waals surface area contributed by atoms with Gasteiger partial charge in [-0.1, -0.05) is 0 Å². The van der Waals surface area contributed by atoms with Gasteiger partial charge in [-0.15, -0.1) is 0 Å². The zero-order valence-corrected chi connectivity index (χ0v) is 12.9. The van der Waals surface area contributed by atoms with Gasteiger partial charge in [-0.3, -0.25) is 0 Å². The first-order valence-electron chi connectivity index (χ1n) is 6.66. The van der Waals surface area contributed by atoms with E-state index in [1.165, 1.54) is 0 Å². The van der Waals surface area contributed by atoms with Crippen molar-refractivity contribution in [2.24, 2.45) is 7.05 Å². The Morgan fingerprint density at radius 2 is 1.67 bits per heavy atom. The summed E-state index contributed by atoms with van der Waals surface area (Å²) in [6.07, 6.45) is 10.3. The van der Waals surface area contributed by atoms with Gasteiger partial charge in [0.15, 0.2) is 0 Å². The van der Waals surface area contributed by atoms with E-state index in [0.717, 1.165) is 19.8 Å². The van der Waals surface area contributed by atoms with Gasteiger partial charge in [0.1, 0.15) is 12.4 Å². The lowest BCUT2D eigenvalue weighted by atomic mass is 10.3. The van der Waals surface area contributed by atoms with Crippen LogP contribution in [0.15, 0.2) is 31.1 Å². The first kappa shape index (κ1) is 19.3. The lowest BCUT2D eigenvalue weighted by molar-refractivity contribution is -0.671. The first-order valence-corrected chi connectivity index (χ1v) is 6.66. The molecule has 0 amide bonds. The summed E-state index contributed by atoms with van der Waals surface area (Å²) in [6, 6.07) is 0. The Kier molecular flexibility index (Phi) is 8.57. The zero-order valence-electron chi connectivity index (χ0n) is 12.9. The Hall–Kier alpha value is -1.67. The molecule has 0 unspecified atom stereocenters. The Bertz CT molecular complexity index is 414. The van der Waals surface area contributed by atoms with Crippen LogP contribution in [0.25, 0.3) is 0 Å². The predicted molar refractivity (Wildman–Crippen MR) is 75.6 cm³/mol. The van der Waals surface area contributed by atoms with Crippen LogP contribution in [0, 0.1) is 0 Å². The number of aromatic nitrogens is 2. The van der Waals surface area contributed by atoms with Crippen LogP contribution >= 0.6 is 0 Å². The molecule has 0 radical (unpaired) electrons. The minimum Gasteiger partial charge on any atom is -0.418 e. The Morgan fingerprint density at radius 3 is 1.86 bits per heavy atom. The third-order valence-corrected chi connectivity index (χ3v) is 2.53. The highest BCUT2D eigenvalue weighted by Crippen LogP contribution is 2.06. The second kappa shape index (κ2) is 9.30. The lowest BCUT2D eigenvalue weighted by Crippen LogP contribution is -2.23. The highest BCUT2D eigenvalue weighted by molar-refractivity contribution is 6.50. The largest absolute Gasteiger partial charge is 0.673 e. The topological polar surface area (TPSA) is 15.3 Å². The molecular formula is C12H23BF4N4. The van der Waals surface area contributed by atoms with E-state index in [2.05, 4.69) is 60.2 Å². The summed E-state index contributed by atoms with van der Waals surface area (Å²) in [5.41, 5.74) is 0. The van der Waals surface area contributed by atoms with Crippen molar-refractivity contribution in [2.75, 3.05) is 20.3 Å². The molecule has 2 heterocycles. The van der Waals surface area contributed by atoms with Crippen LogP contribution in [-0.2, 0) is 13.6 Å². The minimum atomic E-state index is -6.00. The van der Waals surface area contributed by atoms with Gasteiger partial charge in [-0.05, 0) is 13.8 Å². The molecule has 0 saturated carbocycles. The number of nitrogens with zero attached hydrogens (tertiary/aromatic N) is 4. The average Bonchev–Trinajstić information content (AvgIpc) is 2.96.